The van der Waals surface area contributed by atoms with Crippen LogP contribution in [0.3, 0.4) is 0 Å². The number of hydrogen-bond donors (Lipinski definition) is 1. The van der Waals surface area contributed by atoms with Crippen LogP contribution in [0.5, 0.6) is 11.5 Å². The second kappa shape index (κ2) is 8.82. The van der Waals surface area contributed by atoms with Crippen molar-refractivity contribution in [3.05, 3.63) is 59.4 Å². The molecule has 29 heavy (non-hydrogen) atoms. The molecule has 0 aliphatic heterocycles. The lowest BCUT2D eigenvalue weighted by atomic mass is 10.0. The van der Waals surface area contributed by atoms with E-state index < -0.39 is 0 Å². The molecule has 1 atom stereocenters. The van der Waals surface area contributed by atoms with E-state index in [2.05, 4.69) is 5.32 Å². The number of furan rings is 1. The Morgan fingerprint density at radius 3 is 2.62 bits per heavy atom. The highest BCUT2D eigenvalue weighted by atomic mass is 16.5. The lowest BCUT2D eigenvalue weighted by Crippen LogP contribution is -2.28. The highest BCUT2D eigenvalue weighted by Gasteiger charge is 2.18. The predicted octanol–water partition coefficient (Wildman–Crippen LogP) is 4.46. The van der Waals surface area contributed by atoms with E-state index >= 15 is 0 Å². The van der Waals surface area contributed by atoms with E-state index in [4.69, 9.17) is 13.9 Å². The van der Waals surface area contributed by atoms with Crippen LogP contribution in [0.1, 0.15) is 48.5 Å². The lowest BCUT2D eigenvalue weighted by molar-refractivity contribution is -0.121. The molecular formula is C23H25NO5. The Hall–Kier alpha value is -3.28. The molecular weight excluding hydrogens is 370 g/mol. The molecule has 152 valence electrons. The second-order valence-corrected chi connectivity index (χ2v) is 6.81. The number of rotatable bonds is 8. The number of ketones is 1. The normalized spacial score (nSPS) is 11.9. The molecule has 2 aromatic carbocycles. The van der Waals surface area contributed by atoms with Gasteiger partial charge in [-0.15, -0.1) is 0 Å². The van der Waals surface area contributed by atoms with Crippen molar-refractivity contribution in [3.8, 4) is 11.5 Å². The molecule has 1 amide bonds. The van der Waals surface area contributed by atoms with Crippen molar-refractivity contribution in [2.75, 3.05) is 13.7 Å². The fourth-order valence-electron chi connectivity index (χ4n) is 3.21. The van der Waals surface area contributed by atoms with E-state index in [0.29, 0.717) is 40.6 Å². The molecule has 0 saturated carbocycles. The van der Waals surface area contributed by atoms with E-state index in [0.717, 1.165) is 5.39 Å². The van der Waals surface area contributed by atoms with Crippen LogP contribution in [0.4, 0.5) is 0 Å². The molecule has 0 aliphatic rings. The first-order chi connectivity index (χ1) is 13.9. The maximum Gasteiger partial charge on any atom is 0.225 e. The van der Waals surface area contributed by atoms with E-state index in [1.165, 1.54) is 14.0 Å². The molecule has 0 saturated heterocycles. The third-order valence-corrected chi connectivity index (χ3v) is 4.67. The number of nitrogens with one attached hydrogen (secondary N) is 1. The summed E-state index contributed by atoms with van der Waals surface area (Å²) in [6.45, 7) is 5.81. The van der Waals surface area contributed by atoms with Gasteiger partial charge in [0.05, 0.1) is 26.2 Å². The van der Waals surface area contributed by atoms with Gasteiger partial charge < -0.3 is 19.2 Å². The Labute approximate surface area is 169 Å². The largest absolute Gasteiger partial charge is 0.496 e. The van der Waals surface area contributed by atoms with Gasteiger partial charge in [-0.2, -0.15) is 0 Å². The van der Waals surface area contributed by atoms with Crippen molar-refractivity contribution in [2.24, 2.45) is 0 Å². The number of benzene rings is 2. The minimum absolute atomic E-state index is 0.0601. The highest BCUT2D eigenvalue weighted by molar-refractivity contribution is 5.94. The minimum atomic E-state index is -0.327. The van der Waals surface area contributed by atoms with Crippen molar-refractivity contribution in [1.82, 2.24) is 5.32 Å². The van der Waals surface area contributed by atoms with Gasteiger partial charge in [0.25, 0.3) is 0 Å². The summed E-state index contributed by atoms with van der Waals surface area (Å²) in [5, 5.41) is 3.86. The number of Topliss-reactive ketones (excluding diaryl/α,β-unsaturated/α-hetero) is 1. The topological polar surface area (TPSA) is 77.8 Å². The molecule has 3 rings (SSSR count). The third kappa shape index (κ3) is 4.59. The Morgan fingerprint density at radius 1 is 1.14 bits per heavy atom. The van der Waals surface area contributed by atoms with Crippen LogP contribution in [-0.2, 0) is 11.2 Å². The summed E-state index contributed by atoms with van der Waals surface area (Å²) in [6.07, 6.45) is 0.0963. The third-order valence-electron chi connectivity index (χ3n) is 4.67. The Bertz CT molecular complexity index is 1040. The number of fused-ring (bicyclic) bond motifs is 1. The predicted molar refractivity (Wildman–Crippen MR) is 111 cm³/mol. The van der Waals surface area contributed by atoms with E-state index in [9.17, 15) is 9.59 Å². The van der Waals surface area contributed by atoms with Crippen LogP contribution in [0.25, 0.3) is 11.0 Å². The van der Waals surface area contributed by atoms with Gasteiger partial charge in [0.1, 0.15) is 11.5 Å². The van der Waals surface area contributed by atoms with Crippen LogP contribution in [0, 0.1) is 0 Å². The number of methoxy groups -OCH3 is 1. The van der Waals surface area contributed by atoms with Gasteiger partial charge in [-0.3, -0.25) is 9.59 Å². The SMILES string of the molecule is CCOc1cccc2cc(C(C)NC(=O)Cc3cc(C(C)=O)ccc3OC)oc12. The highest BCUT2D eigenvalue weighted by Crippen LogP contribution is 2.31. The Balaban J connectivity index is 1.76. The van der Waals surface area contributed by atoms with Crippen molar-refractivity contribution in [1.29, 1.82) is 0 Å². The van der Waals surface area contributed by atoms with Gasteiger partial charge in [0, 0.05) is 16.5 Å². The molecule has 6 heteroatoms. The maximum absolute atomic E-state index is 12.6. The van der Waals surface area contributed by atoms with Crippen molar-refractivity contribution < 1.29 is 23.5 Å². The fourth-order valence-corrected chi connectivity index (χ4v) is 3.21. The summed E-state index contributed by atoms with van der Waals surface area (Å²) in [7, 11) is 1.54. The van der Waals surface area contributed by atoms with Crippen molar-refractivity contribution >= 4 is 22.7 Å². The summed E-state index contributed by atoms with van der Waals surface area (Å²) >= 11 is 0. The second-order valence-electron chi connectivity index (χ2n) is 6.81. The first kappa shape index (κ1) is 20.5. The van der Waals surface area contributed by atoms with Crippen LogP contribution in [-0.4, -0.2) is 25.4 Å². The van der Waals surface area contributed by atoms with Gasteiger partial charge in [-0.05, 0) is 51.1 Å². The molecule has 0 radical (unpaired) electrons. The van der Waals surface area contributed by atoms with Crippen LogP contribution < -0.4 is 14.8 Å². The van der Waals surface area contributed by atoms with Crippen LogP contribution in [0.15, 0.2) is 46.9 Å². The quantitative estimate of drug-likeness (QED) is 0.570. The van der Waals surface area contributed by atoms with Crippen LogP contribution in [0.2, 0.25) is 0 Å². The van der Waals surface area contributed by atoms with Gasteiger partial charge in [0.15, 0.2) is 17.1 Å². The molecule has 6 nitrogen and oxygen atoms in total. The van der Waals surface area contributed by atoms with Gasteiger partial charge in [-0.25, -0.2) is 0 Å². The average molecular weight is 395 g/mol. The summed E-state index contributed by atoms with van der Waals surface area (Å²) in [6, 6.07) is 12.4. The van der Waals surface area contributed by atoms with Gasteiger partial charge in [0.2, 0.25) is 5.91 Å². The van der Waals surface area contributed by atoms with Crippen LogP contribution >= 0.6 is 0 Å². The van der Waals surface area contributed by atoms with Gasteiger partial charge >= 0.3 is 0 Å². The fraction of sp³-hybridized carbons (Fsp3) is 0.304. The first-order valence-corrected chi connectivity index (χ1v) is 9.55. The molecule has 0 bridgehead atoms. The van der Waals surface area contributed by atoms with E-state index in [1.807, 2.05) is 38.1 Å². The molecule has 1 heterocycles. The summed E-state index contributed by atoms with van der Waals surface area (Å²) in [4.78, 5) is 24.3. The summed E-state index contributed by atoms with van der Waals surface area (Å²) in [5.74, 6) is 1.64. The van der Waals surface area contributed by atoms with Crippen molar-refractivity contribution in [3.63, 3.8) is 0 Å². The molecule has 1 N–H and O–H groups in total. The Kier molecular flexibility index (Phi) is 6.22. The molecule has 3 aromatic rings. The van der Waals surface area contributed by atoms with Gasteiger partial charge in [-0.1, -0.05) is 12.1 Å². The zero-order chi connectivity index (χ0) is 21.0. The lowest BCUT2D eigenvalue weighted by Gasteiger charge is -2.13. The molecule has 0 aliphatic carbocycles. The standard InChI is InChI=1S/C23H25NO5/c1-5-28-20-8-6-7-17-12-21(29-23(17)20)14(2)24-22(26)13-18-11-16(15(3)25)9-10-19(18)27-4/h6-12,14H,5,13H2,1-4H3,(H,24,26). The monoisotopic (exact) mass is 395 g/mol. The van der Waals surface area contributed by atoms with E-state index in [1.54, 1.807) is 18.2 Å². The smallest absolute Gasteiger partial charge is 0.225 e. The maximum atomic E-state index is 12.6. The number of amides is 1. The Morgan fingerprint density at radius 2 is 1.93 bits per heavy atom. The molecule has 1 aromatic heterocycles. The zero-order valence-corrected chi connectivity index (χ0v) is 17.1. The molecule has 1 unspecified atom stereocenters. The minimum Gasteiger partial charge on any atom is -0.496 e. The summed E-state index contributed by atoms with van der Waals surface area (Å²) < 4.78 is 16.9. The number of carbonyl (C=O) groups excluding carboxylic acids is 2. The number of para-hydroxylation sites is 1. The average Bonchev–Trinajstić information content (AvgIpc) is 3.13. The number of carbonyl (C=O) groups is 2. The molecule has 0 spiro atoms. The first-order valence-electron chi connectivity index (χ1n) is 9.55. The van der Waals surface area contributed by atoms with Crippen molar-refractivity contribution in [2.45, 2.75) is 33.2 Å². The summed E-state index contributed by atoms with van der Waals surface area (Å²) in [5.41, 5.74) is 1.87. The zero-order valence-electron chi connectivity index (χ0n) is 17.1. The number of hydrogen-bond acceptors (Lipinski definition) is 5. The number of ether oxygens (including phenoxy) is 2. The molecule has 0 fully saturated rings. The van der Waals surface area contributed by atoms with E-state index in [-0.39, 0.29) is 24.2 Å².